The first kappa shape index (κ1) is 12.8. The van der Waals surface area contributed by atoms with Crippen LogP contribution in [0.4, 0.5) is 4.39 Å². The molecule has 0 aliphatic carbocycles. The highest BCUT2D eigenvalue weighted by Gasteiger charge is 2.15. The van der Waals surface area contributed by atoms with E-state index in [2.05, 4.69) is 0 Å². The maximum absolute atomic E-state index is 13.5. The van der Waals surface area contributed by atoms with Crippen LogP contribution in [0.2, 0.25) is 10.0 Å². The highest BCUT2D eigenvalue weighted by atomic mass is 35.5. The Morgan fingerprint density at radius 2 is 1.80 bits per heavy atom. The van der Waals surface area contributed by atoms with Gasteiger partial charge < -0.3 is 5.73 Å². The summed E-state index contributed by atoms with van der Waals surface area (Å²) in [5.74, 6) is 0.0198. The van der Waals surface area contributed by atoms with E-state index in [1.165, 1.54) is 12.1 Å². The van der Waals surface area contributed by atoms with Crippen LogP contribution in [-0.4, -0.2) is 0 Å². The molecular weight excluding hydrogens is 236 g/mol. The third-order valence-electron chi connectivity index (χ3n) is 2.16. The van der Waals surface area contributed by atoms with Crippen LogP contribution in [-0.2, 0) is 0 Å². The van der Waals surface area contributed by atoms with Gasteiger partial charge in [0.2, 0.25) is 0 Å². The van der Waals surface area contributed by atoms with Gasteiger partial charge in [-0.3, -0.25) is 0 Å². The van der Waals surface area contributed by atoms with Crippen molar-refractivity contribution in [2.24, 2.45) is 11.7 Å². The minimum atomic E-state index is -0.391. The molecule has 0 spiro atoms. The lowest BCUT2D eigenvalue weighted by molar-refractivity contribution is 0.489. The van der Waals surface area contributed by atoms with Crippen LogP contribution in [0.1, 0.15) is 31.9 Å². The van der Waals surface area contributed by atoms with E-state index in [1.54, 1.807) is 0 Å². The van der Waals surface area contributed by atoms with Crippen molar-refractivity contribution < 1.29 is 4.39 Å². The van der Waals surface area contributed by atoms with Gasteiger partial charge in [-0.25, -0.2) is 4.39 Å². The van der Waals surface area contributed by atoms with Gasteiger partial charge in [-0.2, -0.15) is 0 Å². The van der Waals surface area contributed by atoms with Crippen LogP contribution < -0.4 is 5.73 Å². The summed E-state index contributed by atoms with van der Waals surface area (Å²) in [7, 11) is 0. The molecule has 2 N–H and O–H groups in total. The van der Waals surface area contributed by atoms with Crippen LogP contribution in [0.25, 0.3) is 0 Å². The highest BCUT2D eigenvalue weighted by Crippen LogP contribution is 2.29. The largest absolute Gasteiger partial charge is 0.324 e. The average molecular weight is 250 g/mol. The summed E-state index contributed by atoms with van der Waals surface area (Å²) >= 11 is 11.5. The Morgan fingerprint density at radius 3 is 2.33 bits per heavy atom. The molecule has 0 saturated carbocycles. The number of rotatable bonds is 3. The predicted octanol–water partition coefficient (Wildman–Crippen LogP) is 4.18. The van der Waals surface area contributed by atoms with Crippen molar-refractivity contribution in [2.45, 2.75) is 26.3 Å². The quantitative estimate of drug-likeness (QED) is 0.800. The van der Waals surface area contributed by atoms with Crippen molar-refractivity contribution in [1.29, 1.82) is 0 Å². The fourth-order valence-corrected chi connectivity index (χ4v) is 1.78. The lowest BCUT2D eigenvalue weighted by Crippen LogP contribution is -2.14. The minimum absolute atomic E-state index is 0.217. The molecule has 0 aliphatic rings. The van der Waals surface area contributed by atoms with Crippen LogP contribution >= 0.6 is 23.2 Å². The lowest BCUT2D eigenvalue weighted by Gasteiger charge is -2.15. The van der Waals surface area contributed by atoms with E-state index in [4.69, 9.17) is 28.9 Å². The Hall–Kier alpha value is -0.310. The maximum atomic E-state index is 13.5. The summed E-state index contributed by atoms with van der Waals surface area (Å²) in [6.45, 7) is 4.07. The maximum Gasteiger partial charge on any atom is 0.129 e. The van der Waals surface area contributed by atoms with Gasteiger partial charge in [-0.15, -0.1) is 0 Å². The molecule has 1 atom stereocenters. The third kappa shape index (κ3) is 3.33. The van der Waals surface area contributed by atoms with Crippen molar-refractivity contribution in [2.75, 3.05) is 0 Å². The van der Waals surface area contributed by atoms with Gasteiger partial charge in [0.25, 0.3) is 0 Å². The molecule has 0 saturated heterocycles. The first-order chi connectivity index (χ1) is 6.91. The summed E-state index contributed by atoms with van der Waals surface area (Å²) in [6.07, 6.45) is 0.717. The zero-order chi connectivity index (χ0) is 11.6. The number of hydrogen-bond donors (Lipinski definition) is 1. The van der Waals surface area contributed by atoms with Crippen LogP contribution in [0, 0.1) is 11.7 Å². The average Bonchev–Trinajstić information content (AvgIpc) is 2.09. The van der Waals surface area contributed by atoms with E-state index in [9.17, 15) is 4.39 Å². The number of halogens is 3. The molecule has 0 radical (unpaired) electrons. The summed E-state index contributed by atoms with van der Waals surface area (Å²) in [5.41, 5.74) is 6.30. The molecule has 0 aliphatic heterocycles. The molecule has 0 heterocycles. The molecule has 0 bridgehead atoms. The predicted molar refractivity (Wildman–Crippen MR) is 62.8 cm³/mol. The van der Waals surface area contributed by atoms with Gasteiger partial charge in [-0.1, -0.05) is 37.0 Å². The molecule has 1 unspecified atom stereocenters. The topological polar surface area (TPSA) is 26.0 Å². The fourth-order valence-electron chi connectivity index (χ4n) is 1.46. The molecule has 84 valence electrons. The second-order valence-corrected chi connectivity index (χ2v) is 4.84. The molecule has 0 fully saturated rings. The summed E-state index contributed by atoms with van der Waals surface area (Å²) in [6, 6.07) is 2.38. The van der Waals surface area contributed by atoms with Gasteiger partial charge in [-0.05, 0) is 24.5 Å². The first-order valence-electron chi connectivity index (χ1n) is 4.81. The van der Waals surface area contributed by atoms with Crippen LogP contribution in [0.3, 0.4) is 0 Å². The summed E-state index contributed by atoms with van der Waals surface area (Å²) in [5, 5.41) is 0.557. The van der Waals surface area contributed by atoms with E-state index in [0.717, 1.165) is 6.42 Å². The zero-order valence-electron chi connectivity index (χ0n) is 8.73. The first-order valence-corrected chi connectivity index (χ1v) is 5.57. The van der Waals surface area contributed by atoms with Crippen molar-refractivity contribution in [3.8, 4) is 0 Å². The Balaban J connectivity index is 2.98. The minimum Gasteiger partial charge on any atom is -0.324 e. The van der Waals surface area contributed by atoms with Crippen LogP contribution in [0.5, 0.6) is 0 Å². The van der Waals surface area contributed by atoms with Gasteiger partial charge in [0.1, 0.15) is 5.82 Å². The molecule has 15 heavy (non-hydrogen) atoms. The van der Waals surface area contributed by atoms with Crippen molar-refractivity contribution >= 4 is 23.2 Å². The third-order valence-corrected chi connectivity index (χ3v) is 2.89. The Kier molecular flexibility index (Phi) is 4.38. The second kappa shape index (κ2) is 5.15. The summed E-state index contributed by atoms with van der Waals surface area (Å²) in [4.78, 5) is 0. The summed E-state index contributed by atoms with van der Waals surface area (Å²) < 4.78 is 13.5. The van der Waals surface area contributed by atoms with Gasteiger partial charge in [0.15, 0.2) is 0 Å². The molecule has 0 aromatic heterocycles. The molecule has 0 amide bonds. The Labute approximate surface area is 99.4 Å². The van der Waals surface area contributed by atoms with Gasteiger partial charge in [0, 0.05) is 11.6 Å². The number of nitrogens with two attached hydrogens (primary N) is 1. The van der Waals surface area contributed by atoms with E-state index >= 15 is 0 Å². The van der Waals surface area contributed by atoms with Crippen molar-refractivity contribution in [1.82, 2.24) is 0 Å². The normalized spacial score (nSPS) is 13.3. The molecule has 4 heteroatoms. The van der Waals surface area contributed by atoms with E-state index in [1.807, 2.05) is 13.8 Å². The van der Waals surface area contributed by atoms with Gasteiger partial charge >= 0.3 is 0 Å². The Morgan fingerprint density at radius 1 is 1.27 bits per heavy atom. The fraction of sp³-hybridized carbons (Fsp3) is 0.455. The standard InChI is InChI=1S/C11H14Cl2FN/c1-6(2)3-11(15)7-4-8(12)9(13)5-10(7)14/h4-6,11H,3,15H2,1-2H3. The Bertz CT molecular complexity index is 353. The van der Waals surface area contributed by atoms with E-state index in [-0.39, 0.29) is 11.1 Å². The molecule has 1 nitrogen and oxygen atoms in total. The van der Waals surface area contributed by atoms with Crippen LogP contribution in [0.15, 0.2) is 12.1 Å². The number of benzene rings is 1. The monoisotopic (exact) mass is 249 g/mol. The second-order valence-electron chi connectivity index (χ2n) is 4.02. The highest BCUT2D eigenvalue weighted by molar-refractivity contribution is 6.42. The zero-order valence-corrected chi connectivity index (χ0v) is 10.2. The van der Waals surface area contributed by atoms with Crippen molar-refractivity contribution in [3.05, 3.63) is 33.6 Å². The van der Waals surface area contributed by atoms with Crippen molar-refractivity contribution in [3.63, 3.8) is 0 Å². The van der Waals surface area contributed by atoms with E-state index < -0.39 is 5.82 Å². The number of hydrogen-bond acceptors (Lipinski definition) is 1. The molecular formula is C11H14Cl2FN. The molecule has 1 aromatic carbocycles. The smallest absolute Gasteiger partial charge is 0.129 e. The van der Waals surface area contributed by atoms with Gasteiger partial charge in [0.05, 0.1) is 10.0 Å². The lowest BCUT2D eigenvalue weighted by atomic mass is 9.97. The molecule has 1 aromatic rings. The van der Waals surface area contributed by atoms with E-state index in [0.29, 0.717) is 16.5 Å². The SMILES string of the molecule is CC(C)CC(N)c1cc(Cl)c(Cl)cc1F. The molecule has 1 rings (SSSR count).